The molecular formula is C17H27NO8. The van der Waals surface area contributed by atoms with Crippen LogP contribution in [-0.4, -0.2) is 63.8 Å². The molecule has 0 aliphatic heterocycles. The summed E-state index contributed by atoms with van der Waals surface area (Å²) in [6.07, 6.45) is -3.38. The van der Waals surface area contributed by atoms with Gasteiger partial charge in [-0.05, 0) is 25.8 Å². The van der Waals surface area contributed by atoms with Crippen LogP contribution in [0.25, 0.3) is 0 Å². The van der Waals surface area contributed by atoms with Gasteiger partial charge in [-0.3, -0.25) is 4.79 Å². The Bertz CT molecular complexity index is 596. The number of carbonyl (C=O) groups is 2. The molecule has 0 bridgehead atoms. The molecule has 1 amide bonds. The minimum absolute atomic E-state index is 0.0121. The molecule has 9 nitrogen and oxygen atoms in total. The van der Waals surface area contributed by atoms with E-state index in [4.69, 9.17) is 14.3 Å². The average molecular weight is 373 g/mol. The zero-order valence-electron chi connectivity index (χ0n) is 15.1. The van der Waals surface area contributed by atoms with Gasteiger partial charge in [0, 0.05) is 6.04 Å². The lowest BCUT2D eigenvalue weighted by molar-refractivity contribution is -0.125. The van der Waals surface area contributed by atoms with E-state index in [0.29, 0.717) is 0 Å². The molecule has 0 radical (unpaired) electrons. The molecule has 1 aromatic rings. The maximum absolute atomic E-state index is 12.1. The number of furan rings is 1. The Balaban J connectivity index is 2.71. The largest absolute Gasteiger partial charge is 0.463 e. The van der Waals surface area contributed by atoms with Gasteiger partial charge < -0.3 is 34.9 Å². The van der Waals surface area contributed by atoms with Crippen LogP contribution in [-0.2, 0) is 9.53 Å². The summed E-state index contributed by atoms with van der Waals surface area (Å²) in [7, 11) is 0. The number of ether oxygens (including phenoxy) is 1. The van der Waals surface area contributed by atoms with E-state index >= 15 is 0 Å². The van der Waals surface area contributed by atoms with Crippen molar-refractivity contribution < 1.29 is 39.2 Å². The fourth-order valence-electron chi connectivity index (χ4n) is 2.31. The van der Waals surface area contributed by atoms with E-state index in [2.05, 4.69) is 5.32 Å². The van der Waals surface area contributed by atoms with Gasteiger partial charge in [-0.1, -0.05) is 13.8 Å². The van der Waals surface area contributed by atoms with Crippen molar-refractivity contribution in [3.63, 3.8) is 0 Å². The summed E-state index contributed by atoms with van der Waals surface area (Å²) in [4.78, 5) is 23.9. The van der Waals surface area contributed by atoms with Gasteiger partial charge in [0.25, 0.3) is 5.91 Å². The van der Waals surface area contributed by atoms with Crippen molar-refractivity contribution in [2.75, 3.05) is 13.2 Å². The molecule has 3 atom stereocenters. The minimum Gasteiger partial charge on any atom is -0.463 e. The van der Waals surface area contributed by atoms with Crippen molar-refractivity contribution in [3.05, 3.63) is 23.2 Å². The first-order valence-electron chi connectivity index (χ1n) is 8.46. The Hall–Kier alpha value is -1.94. The van der Waals surface area contributed by atoms with Crippen molar-refractivity contribution in [2.24, 2.45) is 0 Å². The number of amides is 1. The average Bonchev–Trinajstić information content (AvgIpc) is 3.03. The molecular weight excluding hydrogens is 346 g/mol. The number of hydrogen-bond donors (Lipinski definition) is 5. The molecule has 0 saturated heterocycles. The highest BCUT2D eigenvalue weighted by Gasteiger charge is 2.30. The second-order valence-electron chi connectivity index (χ2n) is 5.96. The highest BCUT2D eigenvalue weighted by atomic mass is 16.5. The van der Waals surface area contributed by atoms with Crippen molar-refractivity contribution in [1.82, 2.24) is 5.32 Å². The highest BCUT2D eigenvalue weighted by molar-refractivity contribution is 5.92. The normalized spacial score (nSPS) is 14.8. The van der Waals surface area contributed by atoms with E-state index < -0.39 is 43.4 Å². The molecule has 9 heteroatoms. The Morgan fingerprint density at radius 2 is 1.85 bits per heavy atom. The van der Waals surface area contributed by atoms with E-state index in [9.17, 15) is 24.9 Å². The fourth-order valence-corrected chi connectivity index (χ4v) is 2.31. The zero-order valence-corrected chi connectivity index (χ0v) is 15.1. The summed E-state index contributed by atoms with van der Waals surface area (Å²) in [5.74, 6) is -1.29. The molecule has 0 spiro atoms. The van der Waals surface area contributed by atoms with Gasteiger partial charge in [0.1, 0.15) is 35.4 Å². The van der Waals surface area contributed by atoms with Gasteiger partial charge in [0.05, 0.1) is 6.61 Å². The molecule has 0 fully saturated rings. The topological polar surface area (TPSA) is 149 Å². The molecule has 148 valence electrons. The van der Waals surface area contributed by atoms with Crippen molar-refractivity contribution in [3.8, 4) is 0 Å². The molecule has 1 rings (SSSR count). The Labute approximate surface area is 151 Å². The van der Waals surface area contributed by atoms with Gasteiger partial charge in [0.15, 0.2) is 6.61 Å². The lowest BCUT2D eigenvalue weighted by atomic mass is 10.1. The number of rotatable bonds is 10. The number of aryl methyl sites for hydroxylation is 1. The predicted molar refractivity (Wildman–Crippen MR) is 90.3 cm³/mol. The molecule has 1 heterocycles. The monoisotopic (exact) mass is 373 g/mol. The minimum atomic E-state index is -1.69. The van der Waals surface area contributed by atoms with Crippen LogP contribution < -0.4 is 5.32 Å². The molecule has 26 heavy (non-hydrogen) atoms. The van der Waals surface area contributed by atoms with E-state index in [1.807, 2.05) is 13.8 Å². The third kappa shape index (κ3) is 5.80. The van der Waals surface area contributed by atoms with Crippen LogP contribution in [0, 0.1) is 6.92 Å². The lowest BCUT2D eigenvalue weighted by Gasteiger charge is -2.19. The SMILES string of the molecule is CCC(CC)NC(=O)COC(=O)c1cc([C@H](O)[C@H](O)[C@H](O)CO)oc1C. The summed E-state index contributed by atoms with van der Waals surface area (Å²) in [5, 5.41) is 40.5. The quantitative estimate of drug-likeness (QED) is 0.354. The smallest absolute Gasteiger partial charge is 0.342 e. The molecule has 0 saturated carbocycles. The number of aliphatic hydroxyl groups excluding tert-OH is 4. The number of nitrogens with one attached hydrogen (secondary N) is 1. The Morgan fingerprint density at radius 3 is 2.38 bits per heavy atom. The number of carbonyl (C=O) groups excluding carboxylic acids is 2. The predicted octanol–water partition coefficient (Wildman–Crippen LogP) is -0.203. The third-order valence-electron chi connectivity index (χ3n) is 4.04. The fraction of sp³-hybridized carbons (Fsp3) is 0.647. The Kier molecular flexibility index (Phi) is 8.73. The van der Waals surface area contributed by atoms with Gasteiger partial charge in [-0.2, -0.15) is 0 Å². The first-order valence-corrected chi connectivity index (χ1v) is 8.46. The van der Waals surface area contributed by atoms with Crippen molar-refractivity contribution in [2.45, 2.75) is 58.0 Å². The van der Waals surface area contributed by atoms with Gasteiger partial charge in [-0.25, -0.2) is 4.79 Å². The van der Waals surface area contributed by atoms with Crippen LogP contribution in [0.5, 0.6) is 0 Å². The summed E-state index contributed by atoms with van der Waals surface area (Å²) < 4.78 is 10.2. The standard InChI is InChI=1S/C17H27NO8/c1-4-10(5-2)18-14(21)8-25-17(24)11-6-13(26-9(11)3)16(23)15(22)12(20)7-19/h6,10,12,15-16,19-20,22-23H,4-5,7-8H2,1-3H3,(H,18,21)/t12-,15-,16+/m1/s1. The lowest BCUT2D eigenvalue weighted by Crippen LogP contribution is -2.36. The van der Waals surface area contributed by atoms with Gasteiger partial charge in [-0.15, -0.1) is 0 Å². The highest BCUT2D eigenvalue weighted by Crippen LogP contribution is 2.25. The molecule has 0 unspecified atom stereocenters. The molecule has 5 N–H and O–H groups in total. The molecule has 0 aliphatic rings. The first kappa shape index (κ1) is 22.1. The summed E-state index contributed by atoms with van der Waals surface area (Å²) in [6, 6.07) is 1.17. The second kappa shape index (κ2) is 10.3. The number of aliphatic hydroxyl groups is 4. The van der Waals surface area contributed by atoms with Crippen LogP contribution in [0.1, 0.15) is 54.7 Å². The van der Waals surface area contributed by atoms with Crippen LogP contribution in [0.4, 0.5) is 0 Å². The van der Waals surface area contributed by atoms with Gasteiger partial charge >= 0.3 is 5.97 Å². The molecule has 0 aliphatic carbocycles. The van der Waals surface area contributed by atoms with Crippen LogP contribution >= 0.6 is 0 Å². The summed E-state index contributed by atoms with van der Waals surface area (Å²) in [6.45, 7) is 4.11. The van der Waals surface area contributed by atoms with E-state index in [1.165, 1.54) is 6.92 Å². The van der Waals surface area contributed by atoms with E-state index in [0.717, 1.165) is 18.9 Å². The number of esters is 1. The first-order chi connectivity index (χ1) is 12.2. The van der Waals surface area contributed by atoms with E-state index in [-0.39, 0.29) is 23.1 Å². The maximum Gasteiger partial charge on any atom is 0.342 e. The zero-order chi connectivity index (χ0) is 19.9. The van der Waals surface area contributed by atoms with Crippen LogP contribution in [0.15, 0.2) is 10.5 Å². The maximum atomic E-state index is 12.1. The number of hydrogen-bond acceptors (Lipinski definition) is 8. The van der Waals surface area contributed by atoms with Crippen molar-refractivity contribution >= 4 is 11.9 Å². The second-order valence-corrected chi connectivity index (χ2v) is 5.96. The summed E-state index contributed by atoms with van der Waals surface area (Å²) in [5.41, 5.74) is -0.0138. The van der Waals surface area contributed by atoms with E-state index in [1.54, 1.807) is 0 Å². The van der Waals surface area contributed by atoms with Crippen molar-refractivity contribution in [1.29, 1.82) is 0 Å². The van der Waals surface area contributed by atoms with Gasteiger partial charge in [0.2, 0.25) is 0 Å². The molecule has 1 aromatic heterocycles. The third-order valence-corrected chi connectivity index (χ3v) is 4.04. The van der Waals surface area contributed by atoms with Crippen LogP contribution in [0.3, 0.4) is 0 Å². The Morgan fingerprint density at radius 1 is 1.23 bits per heavy atom. The van der Waals surface area contributed by atoms with Crippen LogP contribution in [0.2, 0.25) is 0 Å². The molecule has 0 aromatic carbocycles. The summed E-state index contributed by atoms with van der Waals surface area (Å²) >= 11 is 0.